The average molecular weight is 718 g/mol. The van der Waals surface area contributed by atoms with E-state index in [1.807, 2.05) is 0 Å². The number of rotatable bonds is 3. The molecule has 0 saturated carbocycles. The molecule has 8 aromatic carbocycles. The molecule has 4 aliphatic rings. The highest BCUT2D eigenvalue weighted by atomic mass is 15.1. The molecular weight excluding hydrogens is 675 g/mol. The molecule has 0 N–H and O–H groups in total. The van der Waals surface area contributed by atoms with E-state index >= 15 is 0 Å². The molecule has 0 fully saturated rings. The normalized spacial score (nSPS) is 16.1. The van der Waals surface area contributed by atoms with Crippen LogP contribution in [-0.2, 0) is 16.2 Å². The fourth-order valence-corrected chi connectivity index (χ4v) is 11.3. The third-order valence-electron chi connectivity index (χ3n) is 14.2. The Balaban J connectivity index is 1.08. The molecular formula is C55H43N. The van der Waals surface area contributed by atoms with Crippen LogP contribution in [0.5, 0.6) is 0 Å². The molecule has 0 amide bonds. The largest absolute Gasteiger partial charge is 0.310 e. The standard InChI is InChI=1S/C55H43N/c1-53(2)45-17-11-9-15-37(45)39-22-19-32(29-48(39)53)56(33-20-23-40-38-16-10-12-18-46(38)54(3,4)49(40)30-33)34-21-24-41-44-26-25-42-35-13-7-8-14-36(35)43-27-28-47(52(44)51(42)43)55(5,6)50(41)31-34/h7-31H,1-6H3. The van der Waals surface area contributed by atoms with Crippen LogP contribution in [-0.4, -0.2) is 0 Å². The molecule has 0 unspecified atom stereocenters. The van der Waals surface area contributed by atoms with Gasteiger partial charge in [0.1, 0.15) is 0 Å². The molecule has 0 bridgehead atoms. The lowest BCUT2D eigenvalue weighted by molar-refractivity contribution is 0.645. The van der Waals surface area contributed by atoms with Crippen molar-refractivity contribution in [2.45, 2.75) is 57.8 Å². The van der Waals surface area contributed by atoms with Gasteiger partial charge in [-0.3, -0.25) is 0 Å². The maximum atomic E-state index is 2.52. The maximum Gasteiger partial charge on any atom is 0.0465 e. The van der Waals surface area contributed by atoms with E-state index in [0.717, 1.165) is 0 Å². The van der Waals surface area contributed by atoms with Crippen LogP contribution in [0.2, 0.25) is 0 Å². The van der Waals surface area contributed by atoms with Crippen molar-refractivity contribution < 1.29 is 0 Å². The van der Waals surface area contributed by atoms with Gasteiger partial charge in [-0.05, 0) is 136 Å². The monoisotopic (exact) mass is 717 g/mol. The summed E-state index contributed by atoms with van der Waals surface area (Å²) in [5.74, 6) is 0. The predicted molar refractivity (Wildman–Crippen MR) is 236 cm³/mol. The summed E-state index contributed by atoms with van der Waals surface area (Å²) in [6.45, 7) is 14.4. The number of nitrogens with zero attached hydrogens (tertiary/aromatic N) is 1. The van der Waals surface area contributed by atoms with E-state index < -0.39 is 0 Å². The number of hydrogen-bond donors (Lipinski definition) is 0. The Labute approximate surface area is 329 Å². The summed E-state index contributed by atoms with van der Waals surface area (Å²) in [6.07, 6.45) is 0. The molecule has 268 valence electrons. The van der Waals surface area contributed by atoms with Crippen LogP contribution >= 0.6 is 0 Å². The first-order valence-electron chi connectivity index (χ1n) is 20.2. The zero-order chi connectivity index (χ0) is 37.9. The van der Waals surface area contributed by atoms with E-state index in [-0.39, 0.29) is 16.2 Å². The molecule has 0 spiro atoms. The van der Waals surface area contributed by atoms with Gasteiger partial charge in [-0.2, -0.15) is 0 Å². The van der Waals surface area contributed by atoms with Crippen molar-refractivity contribution in [2.75, 3.05) is 4.90 Å². The van der Waals surface area contributed by atoms with Crippen LogP contribution in [0.4, 0.5) is 17.1 Å². The Hall–Kier alpha value is -6.18. The van der Waals surface area contributed by atoms with E-state index in [1.165, 1.54) is 117 Å². The van der Waals surface area contributed by atoms with Crippen molar-refractivity contribution in [3.63, 3.8) is 0 Å². The zero-order valence-corrected chi connectivity index (χ0v) is 32.9. The topological polar surface area (TPSA) is 3.24 Å². The van der Waals surface area contributed by atoms with Crippen LogP contribution in [0.15, 0.2) is 152 Å². The zero-order valence-electron chi connectivity index (χ0n) is 32.9. The third-order valence-corrected chi connectivity index (χ3v) is 14.2. The van der Waals surface area contributed by atoms with Crippen LogP contribution < -0.4 is 4.90 Å². The average Bonchev–Trinajstić information content (AvgIpc) is 3.75. The second-order valence-corrected chi connectivity index (χ2v) is 18.1. The van der Waals surface area contributed by atoms with Gasteiger partial charge < -0.3 is 4.90 Å². The van der Waals surface area contributed by atoms with E-state index in [0.29, 0.717) is 0 Å². The quantitative estimate of drug-likeness (QED) is 0.176. The Bertz CT molecular complexity index is 2920. The molecule has 1 heteroatoms. The fourth-order valence-electron chi connectivity index (χ4n) is 11.3. The Morgan fingerprint density at radius 1 is 0.268 bits per heavy atom. The number of benzene rings is 8. The Morgan fingerprint density at radius 3 is 1.05 bits per heavy atom. The summed E-state index contributed by atoms with van der Waals surface area (Å²) in [6, 6.07) is 58.0. The highest BCUT2D eigenvalue weighted by Crippen LogP contribution is 2.58. The first-order chi connectivity index (χ1) is 27.0. The SMILES string of the molecule is CC1(C)c2ccccc2-c2ccc(N(c3ccc4c(c3)C(C)(C)c3ccccc3-4)c3ccc4c(c3)C(C)(C)c3ccc5c6c(ccc-4c36)-c3ccccc3-5)cc21. The Morgan fingerprint density at radius 2 is 0.589 bits per heavy atom. The van der Waals surface area contributed by atoms with Crippen molar-refractivity contribution in [3.05, 3.63) is 185 Å². The summed E-state index contributed by atoms with van der Waals surface area (Å²) in [4.78, 5) is 2.52. The van der Waals surface area contributed by atoms with Gasteiger partial charge in [-0.15, -0.1) is 0 Å². The minimum absolute atomic E-state index is 0.101. The van der Waals surface area contributed by atoms with E-state index in [4.69, 9.17) is 0 Å². The van der Waals surface area contributed by atoms with Gasteiger partial charge in [-0.25, -0.2) is 0 Å². The van der Waals surface area contributed by atoms with Gasteiger partial charge in [-0.1, -0.05) is 157 Å². The summed E-state index contributed by atoms with van der Waals surface area (Å²) >= 11 is 0. The fraction of sp³-hybridized carbons (Fsp3) is 0.164. The van der Waals surface area contributed by atoms with Gasteiger partial charge in [0.2, 0.25) is 0 Å². The van der Waals surface area contributed by atoms with Gasteiger partial charge in [0.15, 0.2) is 0 Å². The van der Waals surface area contributed by atoms with Gasteiger partial charge >= 0.3 is 0 Å². The highest BCUT2D eigenvalue weighted by Gasteiger charge is 2.40. The lowest BCUT2D eigenvalue weighted by atomic mass is 9.68. The van der Waals surface area contributed by atoms with Crippen molar-refractivity contribution in [1.82, 2.24) is 0 Å². The number of fused-ring (bicyclic) bond motifs is 11. The van der Waals surface area contributed by atoms with Crippen LogP contribution in [0.25, 0.3) is 66.4 Å². The lowest BCUT2D eigenvalue weighted by Gasteiger charge is -2.37. The second-order valence-electron chi connectivity index (χ2n) is 18.1. The van der Waals surface area contributed by atoms with E-state index in [2.05, 4.69) is 198 Å². The lowest BCUT2D eigenvalue weighted by Crippen LogP contribution is -2.24. The Kier molecular flexibility index (Phi) is 6.05. The van der Waals surface area contributed by atoms with Crippen molar-refractivity contribution in [1.29, 1.82) is 0 Å². The third kappa shape index (κ3) is 3.91. The van der Waals surface area contributed by atoms with E-state index in [1.54, 1.807) is 0 Å². The molecule has 4 aliphatic carbocycles. The van der Waals surface area contributed by atoms with Crippen LogP contribution in [0.1, 0.15) is 74.9 Å². The van der Waals surface area contributed by atoms with Gasteiger partial charge in [0.05, 0.1) is 0 Å². The minimum atomic E-state index is -0.209. The molecule has 56 heavy (non-hydrogen) atoms. The molecule has 0 aromatic heterocycles. The predicted octanol–water partition coefficient (Wildman–Crippen LogP) is 14.9. The first-order valence-corrected chi connectivity index (χ1v) is 20.2. The molecule has 8 aromatic rings. The summed E-state index contributed by atoms with van der Waals surface area (Å²) in [7, 11) is 0. The highest BCUT2D eigenvalue weighted by molar-refractivity contribution is 6.21. The summed E-state index contributed by atoms with van der Waals surface area (Å²) in [5.41, 5.74) is 25.0. The molecule has 1 nitrogen and oxygen atoms in total. The van der Waals surface area contributed by atoms with Crippen molar-refractivity contribution in [2.24, 2.45) is 0 Å². The van der Waals surface area contributed by atoms with Crippen LogP contribution in [0.3, 0.4) is 0 Å². The summed E-state index contributed by atoms with van der Waals surface area (Å²) in [5, 5.41) is 2.83. The molecule has 0 radical (unpaired) electrons. The smallest absolute Gasteiger partial charge is 0.0465 e. The number of hydrogen-bond acceptors (Lipinski definition) is 1. The van der Waals surface area contributed by atoms with Gasteiger partial charge in [0.25, 0.3) is 0 Å². The molecule has 0 atom stereocenters. The van der Waals surface area contributed by atoms with Gasteiger partial charge in [0, 0.05) is 33.3 Å². The second kappa shape index (κ2) is 10.6. The number of anilines is 3. The molecule has 0 heterocycles. The molecule has 12 rings (SSSR count). The first kappa shape index (κ1) is 32.1. The minimum Gasteiger partial charge on any atom is -0.310 e. The van der Waals surface area contributed by atoms with Crippen molar-refractivity contribution in [3.8, 4) is 55.6 Å². The molecule has 0 aliphatic heterocycles. The van der Waals surface area contributed by atoms with E-state index in [9.17, 15) is 0 Å². The van der Waals surface area contributed by atoms with Crippen LogP contribution in [0, 0.1) is 0 Å². The van der Waals surface area contributed by atoms with Crippen molar-refractivity contribution >= 4 is 27.8 Å². The summed E-state index contributed by atoms with van der Waals surface area (Å²) < 4.78 is 0. The maximum absolute atomic E-state index is 2.52. The molecule has 0 saturated heterocycles.